The molecule has 0 atom stereocenters. The number of anilines is 1. The van der Waals surface area contributed by atoms with Gasteiger partial charge in [-0.05, 0) is 24.8 Å². The predicted octanol–water partition coefficient (Wildman–Crippen LogP) is 3.64. The van der Waals surface area contributed by atoms with Gasteiger partial charge in [-0.1, -0.05) is 55.0 Å². The van der Waals surface area contributed by atoms with Crippen LogP contribution in [0, 0.1) is 0 Å². The Hall–Kier alpha value is -1.95. The van der Waals surface area contributed by atoms with E-state index in [0.29, 0.717) is 11.7 Å². The van der Waals surface area contributed by atoms with E-state index in [0.717, 1.165) is 37.1 Å². The van der Waals surface area contributed by atoms with Gasteiger partial charge in [0.25, 0.3) is 0 Å². The number of hydrogen-bond donors (Lipinski definition) is 2. The molecule has 0 saturated carbocycles. The normalized spacial score (nSPS) is 10.4. The molecule has 5 nitrogen and oxygen atoms in total. The quantitative estimate of drug-likeness (QED) is 0.730. The molecule has 6 heteroatoms. The van der Waals surface area contributed by atoms with E-state index >= 15 is 0 Å². The summed E-state index contributed by atoms with van der Waals surface area (Å²) in [5.74, 6) is 0. The van der Waals surface area contributed by atoms with Gasteiger partial charge in [-0.25, -0.2) is 4.79 Å². The van der Waals surface area contributed by atoms with Gasteiger partial charge in [0.2, 0.25) is 5.13 Å². The largest absolute Gasteiger partial charge is 0.338 e. The lowest BCUT2D eigenvalue weighted by Crippen LogP contribution is -2.29. The van der Waals surface area contributed by atoms with E-state index < -0.39 is 0 Å². The van der Waals surface area contributed by atoms with Crippen molar-refractivity contribution in [3.63, 3.8) is 0 Å². The fourth-order valence-corrected chi connectivity index (χ4v) is 2.79. The Morgan fingerprint density at radius 2 is 1.95 bits per heavy atom. The molecule has 22 heavy (non-hydrogen) atoms. The molecule has 0 fully saturated rings. The molecular formula is C16H22N4OS. The number of nitrogens with zero attached hydrogens (tertiary/aromatic N) is 2. The second-order valence-corrected chi connectivity index (χ2v) is 6.14. The number of urea groups is 1. The van der Waals surface area contributed by atoms with E-state index in [9.17, 15) is 4.79 Å². The second kappa shape index (κ2) is 9.15. The zero-order chi connectivity index (χ0) is 15.6. The van der Waals surface area contributed by atoms with Gasteiger partial charge in [-0.15, -0.1) is 10.2 Å². The van der Waals surface area contributed by atoms with Crippen LogP contribution in [-0.2, 0) is 12.8 Å². The van der Waals surface area contributed by atoms with Crippen molar-refractivity contribution >= 4 is 22.5 Å². The number of amides is 2. The number of carbonyl (C=O) groups is 1. The minimum Gasteiger partial charge on any atom is -0.338 e. The molecule has 2 amide bonds. The molecular weight excluding hydrogens is 296 g/mol. The van der Waals surface area contributed by atoms with Crippen LogP contribution in [0.5, 0.6) is 0 Å². The summed E-state index contributed by atoms with van der Waals surface area (Å²) < 4.78 is 0. The van der Waals surface area contributed by atoms with Crippen LogP contribution in [0.4, 0.5) is 9.93 Å². The van der Waals surface area contributed by atoms with Crippen molar-refractivity contribution in [2.75, 3.05) is 11.9 Å². The van der Waals surface area contributed by atoms with Gasteiger partial charge in [0.1, 0.15) is 5.01 Å². The summed E-state index contributed by atoms with van der Waals surface area (Å²) in [5.41, 5.74) is 1.29. The number of nitrogens with one attached hydrogen (secondary N) is 2. The third-order valence-corrected chi connectivity index (χ3v) is 4.10. The lowest BCUT2D eigenvalue weighted by atomic mass is 10.1. The van der Waals surface area contributed by atoms with E-state index in [-0.39, 0.29) is 6.03 Å². The monoisotopic (exact) mass is 318 g/mol. The summed E-state index contributed by atoms with van der Waals surface area (Å²) in [6.07, 6.45) is 5.02. The highest BCUT2D eigenvalue weighted by Gasteiger charge is 2.07. The molecule has 1 aromatic heterocycles. The molecule has 1 heterocycles. The molecule has 0 aliphatic heterocycles. The van der Waals surface area contributed by atoms with Crippen LogP contribution in [-0.4, -0.2) is 22.8 Å². The summed E-state index contributed by atoms with van der Waals surface area (Å²) >= 11 is 1.44. The average Bonchev–Trinajstić information content (AvgIpc) is 2.98. The van der Waals surface area contributed by atoms with E-state index in [2.05, 4.69) is 39.9 Å². The maximum atomic E-state index is 11.8. The topological polar surface area (TPSA) is 66.9 Å². The van der Waals surface area contributed by atoms with Crippen LogP contribution >= 0.6 is 11.3 Å². The molecule has 0 radical (unpaired) electrons. The van der Waals surface area contributed by atoms with Crippen molar-refractivity contribution in [1.82, 2.24) is 15.5 Å². The molecule has 2 aromatic rings. The number of carbonyl (C=O) groups excluding carboxylic acids is 1. The Kier molecular flexibility index (Phi) is 6.83. The molecule has 0 spiro atoms. The van der Waals surface area contributed by atoms with E-state index in [1.807, 2.05) is 18.2 Å². The van der Waals surface area contributed by atoms with Gasteiger partial charge in [-0.2, -0.15) is 0 Å². The lowest BCUT2D eigenvalue weighted by Gasteiger charge is -2.05. The Bertz CT molecular complexity index is 571. The number of hydrogen-bond acceptors (Lipinski definition) is 4. The predicted molar refractivity (Wildman–Crippen MR) is 90.3 cm³/mol. The lowest BCUT2D eigenvalue weighted by molar-refractivity contribution is 0.252. The molecule has 2 N–H and O–H groups in total. The van der Waals surface area contributed by atoms with Crippen molar-refractivity contribution in [2.45, 2.75) is 39.0 Å². The highest BCUT2D eigenvalue weighted by atomic mass is 32.1. The Morgan fingerprint density at radius 3 is 2.73 bits per heavy atom. The summed E-state index contributed by atoms with van der Waals surface area (Å²) in [6.45, 7) is 2.78. The first-order valence-electron chi connectivity index (χ1n) is 7.69. The minimum atomic E-state index is -0.216. The molecule has 2 rings (SSSR count). The number of benzene rings is 1. The maximum absolute atomic E-state index is 11.8. The third kappa shape index (κ3) is 5.81. The van der Waals surface area contributed by atoms with Gasteiger partial charge in [0, 0.05) is 13.0 Å². The van der Waals surface area contributed by atoms with Crippen LogP contribution in [0.3, 0.4) is 0 Å². The first kappa shape index (κ1) is 16.4. The summed E-state index contributed by atoms with van der Waals surface area (Å²) in [6, 6.07) is 10.0. The summed E-state index contributed by atoms with van der Waals surface area (Å²) in [7, 11) is 0. The highest BCUT2D eigenvalue weighted by molar-refractivity contribution is 7.15. The highest BCUT2D eigenvalue weighted by Crippen LogP contribution is 2.16. The van der Waals surface area contributed by atoms with Crippen molar-refractivity contribution in [3.8, 4) is 0 Å². The second-order valence-electron chi connectivity index (χ2n) is 5.07. The van der Waals surface area contributed by atoms with Crippen LogP contribution < -0.4 is 10.6 Å². The van der Waals surface area contributed by atoms with Gasteiger partial charge in [0.15, 0.2) is 0 Å². The van der Waals surface area contributed by atoms with Crippen LogP contribution in [0.1, 0.15) is 36.8 Å². The van der Waals surface area contributed by atoms with E-state index in [1.54, 1.807) is 0 Å². The Balaban J connectivity index is 1.64. The van der Waals surface area contributed by atoms with Crippen molar-refractivity contribution in [3.05, 3.63) is 40.9 Å². The molecule has 1 aromatic carbocycles. The van der Waals surface area contributed by atoms with Crippen LogP contribution in [0.25, 0.3) is 0 Å². The molecule has 0 aliphatic rings. The smallest absolute Gasteiger partial charge is 0.321 e. The number of aryl methyl sites for hydroxylation is 2. The standard InChI is InChI=1S/C16H22N4OS/c1-2-3-11-14-19-20-16(22-14)18-15(21)17-12-7-10-13-8-5-4-6-9-13/h4-6,8-9H,2-3,7,10-12H2,1H3,(H2,17,18,20,21). The van der Waals surface area contributed by atoms with E-state index in [4.69, 9.17) is 0 Å². The molecule has 118 valence electrons. The molecule has 0 saturated heterocycles. The molecule has 0 bridgehead atoms. The Morgan fingerprint density at radius 1 is 1.14 bits per heavy atom. The van der Waals surface area contributed by atoms with Crippen LogP contribution in [0.2, 0.25) is 0 Å². The maximum Gasteiger partial charge on any atom is 0.321 e. The zero-order valence-corrected chi connectivity index (χ0v) is 13.7. The fourth-order valence-electron chi connectivity index (χ4n) is 2.01. The minimum absolute atomic E-state index is 0.216. The van der Waals surface area contributed by atoms with Crippen molar-refractivity contribution < 1.29 is 4.79 Å². The number of aromatic nitrogens is 2. The third-order valence-electron chi connectivity index (χ3n) is 3.20. The SMILES string of the molecule is CCCCc1nnc(NC(=O)NCCCc2ccccc2)s1. The number of unbranched alkanes of at least 4 members (excludes halogenated alkanes) is 1. The Labute approximate surface area is 135 Å². The summed E-state index contributed by atoms with van der Waals surface area (Å²) in [4.78, 5) is 11.8. The first-order chi connectivity index (χ1) is 10.8. The van der Waals surface area contributed by atoms with Gasteiger partial charge in [0.05, 0.1) is 0 Å². The fraction of sp³-hybridized carbons (Fsp3) is 0.438. The summed E-state index contributed by atoms with van der Waals surface area (Å²) in [5, 5.41) is 15.2. The first-order valence-corrected chi connectivity index (χ1v) is 8.50. The van der Waals surface area contributed by atoms with Crippen molar-refractivity contribution in [2.24, 2.45) is 0 Å². The van der Waals surface area contributed by atoms with Crippen LogP contribution in [0.15, 0.2) is 30.3 Å². The number of rotatable bonds is 8. The van der Waals surface area contributed by atoms with Gasteiger partial charge >= 0.3 is 6.03 Å². The van der Waals surface area contributed by atoms with Crippen molar-refractivity contribution in [1.29, 1.82) is 0 Å². The molecule has 0 aliphatic carbocycles. The van der Waals surface area contributed by atoms with Gasteiger partial charge < -0.3 is 5.32 Å². The van der Waals surface area contributed by atoms with E-state index in [1.165, 1.54) is 16.9 Å². The zero-order valence-electron chi connectivity index (χ0n) is 12.8. The van der Waals surface area contributed by atoms with Gasteiger partial charge in [-0.3, -0.25) is 5.32 Å². The molecule has 0 unspecified atom stereocenters. The average molecular weight is 318 g/mol.